The summed E-state index contributed by atoms with van der Waals surface area (Å²) in [5, 5.41) is 10.6. The number of nitrogens with zero attached hydrogens (tertiary/aromatic N) is 2. The van der Waals surface area contributed by atoms with E-state index >= 15 is 0 Å². The van der Waals surface area contributed by atoms with Gasteiger partial charge in [-0.25, -0.2) is 9.45 Å². The van der Waals surface area contributed by atoms with Gasteiger partial charge in [-0.15, -0.1) is 0 Å². The van der Waals surface area contributed by atoms with Crippen LogP contribution in [-0.4, -0.2) is 21.2 Å². The molecule has 0 bridgehead atoms. The molecule has 0 aliphatic carbocycles. The van der Waals surface area contributed by atoms with Gasteiger partial charge in [0, 0.05) is 6.20 Å². The summed E-state index contributed by atoms with van der Waals surface area (Å²) in [5.41, 5.74) is 2.59. The molecule has 2 aromatic rings. The zero-order chi connectivity index (χ0) is 17.5. The molecule has 2 rings (SSSR count). The van der Waals surface area contributed by atoms with Crippen molar-refractivity contribution in [3.05, 3.63) is 83.5 Å². The van der Waals surface area contributed by atoms with Gasteiger partial charge in [0.2, 0.25) is 0 Å². The van der Waals surface area contributed by atoms with Crippen molar-refractivity contribution >= 4 is 11.5 Å². The number of pyridine rings is 1. The molecule has 0 fully saturated rings. The van der Waals surface area contributed by atoms with Crippen LogP contribution in [0.4, 0.5) is 4.39 Å². The van der Waals surface area contributed by atoms with Gasteiger partial charge in [-0.1, -0.05) is 30.4 Å². The van der Waals surface area contributed by atoms with Gasteiger partial charge in [0.25, 0.3) is 5.91 Å². The van der Waals surface area contributed by atoms with E-state index in [-0.39, 0.29) is 18.1 Å². The molecule has 1 N–H and O–H groups in total. The van der Waals surface area contributed by atoms with Crippen molar-refractivity contribution in [3.63, 3.8) is 0 Å². The van der Waals surface area contributed by atoms with Crippen LogP contribution >= 0.6 is 0 Å². The molecular formula is C19H19FN2O2. The number of amides is 1. The number of aromatic nitrogens is 1. The Morgan fingerprint density at radius 3 is 2.67 bits per heavy atom. The summed E-state index contributed by atoms with van der Waals surface area (Å²) in [4.78, 5) is 16.3. The van der Waals surface area contributed by atoms with Crippen LogP contribution in [0, 0.1) is 5.82 Å². The molecule has 1 amide bonds. The molecule has 0 atom stereocenters. The maximum absolute atomic E-state index is 12.9. The fraction of sp³-hybridized carbons (Fsp3) is 0.158. The first-order chi connectivity index (χ1) is 11.5. The highest BCUT2D eigenvalue weighted by Gasteiger charge is 2.16. The lowest BCUT2D eigenvalue weighted by atomic mass is 10.1. The zero-order valence-corrected chi connectivity index (χ0v) is 13.6. The van der Waals surface area contributed by atoms with E-state index in [0.717, 1.165) is 11.1 Å². The van der Waals surface area contributed by atoms with E-state index in [9.17, 15) is 14.4 Å². The second-order valence-corrected chi connectivity index (χ2v) is 5.29. The van der Waals surface area contributed by atoms with Gasteiger partial charge in [0.1, 0.15) is 11.5 Å². The van der Waals surface area contributed by atoms with Crippen LogP contribution in [0.5, 0.6) is 0 Å². The molecule has 0 aliphatic heterocycles. The highest BCUT2D eigenvalue weighted by Crippen LogP contribution is 2.15. The highest BCUT2D eigenvalue weighted by atomic mass is 19.1. The number of hydrogen-bond donors (Lipinski definition) is 1. The molecule has 0 saturated heterocycles. The van der Waals surface area contributed by atoms with Crippen LogP contribution in [0.3, 0.4) is 0 Å². The average molecular weight is 326 g/mol. The summed E-state index contributed by atoms with van der Waals surface area (Å²) in [6.45, 7) is 3.81. The second-order valence-electron chi connectivity index (χ2n) is 5.29. The molecule has 24 heavy (non-hydrogen) atoms. The van der Waals surface area contributed by atoms with E-state index in [1.807, 2.05) is 32.1 Å². The molecule has 124 valence electrons. The van der Waals surface area contributed by atoms with E-state index in [1.165, 1.54) is 30.5 Å². The Kier molecular flexibility index (Phi) is 5.98. The highest BCUT2D eigenvalue weighted by molar-refractivity contribution is 5.92. The minimum Gasteiger partial charge on any atom is -0.285 e. The second kappa shape index (κ2) is 8.17. The normalized spacial score (nSPS) is 11.8. The van der Waals surface area contributed by atoms with E-state index in [2.05, 4.69) is 4.98 Å². The summed E-state index contributed by atoms with van der Waals surface area (Å²) in [6.07, 6.45) is 7.28. The van der Waals surface area contributed by atoms with Gasteiger partial charge in [0.05, 0.1) is 6.54 Å². The lowest BCUT2D eigenvalue weighted by molar-refractivity contribution is -0.0652. The van der Waals surface area contributed by atoms with Crippen LogP contribution in [0.2, 0.25) is 0 Å². The summed E-state index contributed by atoms with van der Waals surface area (Å²) >= 11 is 0. The summed E-state index contributed by atoms with van der Waals surface area (Å²) in [5.74, 6) is -0.979. The van der Waals surface area contributed by atoms with Crippen LogP contribution in [0.25, 0.3) is 5.57 Å². The third-order valence-electron chi connectivity index (χ3n) is 3.45. The summed E-state index contributed by atoms with van der Waals surface area (Å²) < 4.78 is 12.9. The monoisotopic (exact) mass is 326 g/mol. The van der Waals surface area contributed by atoms with Crippen molar-refractivity contribution < 1.29 is 14.4 Å². The number of allylic oxidation sites excluding steroid dienone is 4. The van der Waals surface area contributed by atoms with Crippen LogP contribution in [0.15, 0.2) is 60.8 Å². The molecule has 1 aromatic heterocycles. The predicted octanol–water partition coefficient (Wildman–Crippen LogP) is 4.23. The van der Waals surface area contributed by atoms with E-state index in [4.69, 9.17) is 0 Å². The van der Waals surface area contributed by atoms with Crippen molar-refractivity contribution in [2.75, 3.05) is 0 Å². The van der Waals surface area contributed by atoms with Gasteiger partial charge in [-0.2, -0.15) is 0 Å². The first-order valence-corrected chi connectivity index (χ1v) is 7.52. The van der Waals surface area contributed by atoms with Crippen LogP contribution in [-0.2, 0) is 6.54 Å². The Bertz CT molecular complexity index is 767. The van der Waals surface area contributed by atoms with Gasteiger partial charge in [0.15, 0.2) is 0 Å². The third-order valence-corrected chi connectivity index (χ3v) is 3.45. The van der Waals surface area contributed by atoms with Crippen molar-refractivity contribution in [3.8, 4) is 0 Å². The van der Waals surface area contributed by atoms with Gasteiger partial charge < -0.3 is 0 Å². The first kappa shape index (κ1) is 17.6. The molecule has 0 unspecified atom stereocenters. The van der Waals surface area contributed by atoms with Crippen molar-refractivity contribution in [1.82, 2.24) is 10.0 Å². The first-order valence-electron chi connectivity index (χ1n) is 7.52. The number of hydroxylamine groups is 2. The van der Waals surface area contributed by atoms with Crippen LogP contribution in [0.1, 0.15) is 35.5 Å². The maximum Gasteiger partial charge on any atom is 0.296 e. The quantitative estimate of drug-likeness (QED) is 0.508. The number of hydrogen-bond acceptors (Lipinski definition) is 3. The number of carbonyl (C=O) groups excluding carboxylic acids is 1. The Balaban J connectivity index is 2.15. The zero-order valence-electron chi connectivity index (χ0n) is 13.6. The molecule has 0 aliphatic rings. The molecule has 5 heteroatoms. The van der Waals surface area contributed by atoms with E-state index in [0.29, 0.717) is 10.6 Å². The molecule has 4 nitrogen and oxygen atoms in total. The largest absolute Gasteiger partial charge is 0.296 e. The number of rotatable bonds is 5. The predicted molar refractivity (Wildman–Crippen MR) is 90.8 cm³/mol. The topological polar surface area (TPSA) is 53.4 Å². The number of benzene rings is 1. The fourth-order valence-electron chi connectivity index (χ4n) is 2.10. The average Bonchev–Trinajstić information content (AvgIpc) is 2.61. The Morgan fingerprint density at radius 1 is 1.29 bits per heavy atom. The lowest BCUT2D eigenvalue weighted by Gasteiger charge is -2.15. The standard InChI is InChI=1S/C19H19FN2O2/c1-3-4-5-14(2)16-10-11-21-18(12-16)19(23)22(24)13-15-6-8-17(20)9-7-15/h3-12,24H,13H2,1-2H3. The maximum atomic E-state index is 12.9. The fourth-order valence-corrected chi connectivity index (χ4v) is 2.10. The minimum atomic E-state index is -0.611. The Morgan fingerprint density at radius 2 is 2.00 bits per heavy atom. The van der Waals surface area contributed by atoms with Crippen molar-refractivity contribution in [2.45, 2.75) is 20.4 Å². The molecule has 0 spiro atoms. The molecule has 1 heterocycles. The Hall–Kier alpha value is -2.79. The summed E-state index contributed by atoms with van der Waals surface area (Å²) in [6, 6.07) is 9.02. The Labute approximate surface area is 140 Å². The molecule has 0 radical (unpaired) electrons. The minimum absolute atomic E-state index is 0.0432. The van der Waals surface area contributed by atoms with Gasteiger partial charge in [-0.05, 0) is 54.8 Å². The van der Waals surface area contributed by atoms with E-state index in [1.54, 1.807) is 12.1 Å². The van der Waals surface area contributed by atoms with Crippen molar-refractivity contribution in [1.29, 1.82) is 0 Å². The molecule has 0 saturated carbocycles. The van der Waals surface area contributed by atoms with Gasteiger partial charge in [-0.3, -0.25) is 15.0 Å². The third kappa shape index (κ3) is 4.60. The van der Waals surface area contributed by atoms with Crippen LogP contribution < -0.4 is 0 Å². The SMILES string of the molecule is CC=CC=C(C)c1ccnc(C(=O)N(O)Cc2ccc(F)cc2)c1. The lowest BCUT2D eigenvalue weighted by Crippen LogP contribution is -2.27. The number of halogens is 1. The smallest absolute Gasteiger partial charge is 0.285 e. The van der Waals surface area contributed by atoms with Gasteiger partial charge >= 0.3 is 0 Å². The molecular weight excluding hydrogens is 307 g/mol. The number of carbonyl (C=O) groups is 1. The summed E-state index contributed by atoms with van der Waals surface area (Å²) in [7, 11) is 0. The van der Waals surface area contributed by atoms with E-state index < -0.39 is 5.91 Å². The molecule has 1 aromatic carbocycles. The van der Waals surface area contributed by atoms with Crippen molar-refractivity contribution in [2.24, 2.45) is 0 Å².